The zero-order valence-corrected chi connectivity index (χ0v) is 12.5. The van der Waals surface area contributed by atoms with Crippen LogP contribution in [0, 0.1) is 0 Å². The van der Waals surface area contributed by atoms with Gasteiger partial charge in [0.2, 0.25) is 0 Å². The molecule has 0 fully saturated rings. The van der Waals surface area contributed by atoms with Gasteiger partial charge in [-0.15, -0.1) is 0 Å². The first-order valence-electron chi connectivity index (χ1n) is 5.67. The fourth-order valence-electron chi connectivity index (χ4n) is 1.41. The molecular formula is C12H19NO3S2. The van der Waals surface area contributed by atoms with Crippen molar-refractivity contribution in [3.8, 4) is 0 Å². The van der Waals surface area contributed by atoms with Crippen LogP contribution < -0.4 is 5.32 Å². The quantitative estimate of drug-likeness (QED) is 0.865. The summed E-state index contributed by atoms with van der Waals surface area (Å²) >= 11 is 0. The molecule has 1 rings (SSSR count). The van der Waals surface area contributed by atoms with E-state index in [1.54, 1.807) is 30.5 Å². The average Bonchev–Trinajstić information content (AvgIpc) is 2.28. The molecule has 2 unspecified atom stereocenters. The van der Waals surface area contributed by atoms with Gasteiger partial charge in [0.15, 0.2) is 9.84 Å². The molecule has 0 saturated carbocycles. The maximum atomic E-state index is 11.3. The molecule has 1 aromatic rings. The third-order valence-electron chi connectivity index (χ3n) is 2.73. The SMILES string of the molecule is CC(CCNc1ccc(S(C)(=O)=O)cc1)S(C)=O. The fraction of sp³-hybridized carbons (Fsp3) is 0.500. The summed E-state index contributed by atoms with van der Waals surface area (Å²) < 4.78 is 33.7. The smallest absolute Gasteiger partial charge is 0.175 e. The highest BCUT2D eigenvalue weighted by Gasteiger charge is 2.07. The minimum atomic E-state index is -3.13. The van der Waals surface area contributed by atoms with Crippen LogP contribution in [0.15, 0.2) is 29.2 Å². The van der Waals surface area contributed by atoms with Crippen molar-refractivity contribution in [1.29, 1.82) is 0 Å². The third-order valence-corrected chi connectivity index (χ3v) is 5.23. The van der Waals surface area contributed by atoms with Crippen LogP contribution in [0.2, 0.25) is 0 Å². The van der Waals surface area contributed by atoms with E-state index in [1.807, 2.05) is 6.92 Å². The molecule has 0 amide bonds. The summed E-state index contributed by atoms with van der Waals surface area (Å²) in [5.74, 6) is 0. The van der Waals surface area contributed by atoms with Crippen LogP contribution in [0.4, 0.5) is 5.69 Å². The maximum Gasteiger partial charge on any atom is 0.175 e. The minimum Gasteiger partial charge on any atom is -0.385 e. The predicted octanol–water partition coefficient (Wildman–Crippen LogP) is 1.66. The van der Waals surface area contributed by atoms with Gasteiger partial charge in [0.25, 0.3) is 0 Å². The first kappa shape index (κ1) is 15.2. The molecule has 0 saturated heterocycles. The van der Waals surface area contributed by atoms with Crippen LogP contribution in [-0.4, -0.2) is 36.9 Å². The van der Waals surface area contributed by atoms with E-state index in [9.17, 15) is 12.6 Å². The van der Waals surface area contributed by atoms with Crippen molar-refractivity contribution in [1.82, 2.24) is 0 Å². The van der Waals surface area contributed by atoms with Crippen molar-refractivity contribution in [2.45, 2.75) is 23.5 Å². The van der Waals surface area contributed by atoms with Gasteiger partial charge >= 0.3 is 0 Å². The Kier molecular flexibility index (Phi) is 5.34. The van der Waals surface area contributed by atoms with Crippen LogP contribution in [0.1, 0.15) is 13.3 Å². The second-order valence-corrected chi connectivity index (χ2v) is 8.14. The Morgan fingerprint density at radius 3 is 2.28 bits per heavy atom. The zero-order valence-electron chi connectivity index (χ0n) is 10.8. The van der Waals surface area contributed by atoms with Crippen molar-refractivity contribution in [2.24, 2.45) is 0 Å². The van der Waals surface area contributed by atoms with Gasteiger partial charge in [0.1, 0.15) is 0 Å². The fourth-order valence-corrected chi connectivity index (χ4v) is 2.49. The Bertz CT molecular complexity index is 509. The Morgan fingerprint density at radius 1 is 1.28 bits per heavy atom. The molecule has 4 nitrogen and oxygen atoms in total. The van der Waals surface area contributed by atoms with E-state index >= 15 is 0 Å². The lowest BCUT2D eigenvalue weighted by Gasteiger charge is -2.10. The van der Waals surface area contributed by atoms with Gasteiger partial charge in [-0.05, 0) is 30.7 Å². The molecule has 0 spiro atoms. The van der Waals surface area contributed by atoms with Crippen molar-refractivity contribution < 1.29 is 12.6 Å². The van der Waals surface area contributed by atoms with E-state index < -0.39 is 20.6 Å². The lowest BCUT2D eigenvalue weighted by Crippen LogP contribution is -2.14. The highest BCUT2D eigenvalue weighted by Crippen LogP contribution is 2.14. The predicted molar refractivity (Wildman–Crippen MR) is 76.2 cm³/mol. The van der Waals surface area contributed by atoms with E-state index in [4.69, 9.17) is 0 Å². The number of hydrogen-bond acceptors (Lipinski definition) is 4. The topological polar surface area (TPSA) is 63.2 Å². The van der Waals surface area contributed by atoms with Gasteiger partial charge in [0.05, 0.1) is 4.90 Å². The number of sulfone groups is 1. The van der Waals surface area contributed by atoms with Gasteiger partial charge in [-0.2, -0.15) is 0 Å². The lowest BCUT2D eigenvalue weighted by molar-refractivity contribution is 0.602. The van der Waals surface area contributed by atoms with E-state index in [2.05, 4.69) is 5.32 Å². The molecule has 0 heterocycles. The molecule has 18 heavy (non-hydrogen) atoms. The van der Waals surface area contributed by atoms with Crippen LogP contribution in [0.25, 0.3) is 0 Å². The molecular weight excluding hydrogens is 270 g/mol. The Hall–Kier alpha value is -0.880. The van der Waals surface area contributed by atoms with E-state index in [0.717, 1.165) is 18.7 Å². The zero-order chi connectivity index (χ0) is 13.8. The number of rotatable bonds is 6. The molecule has 2 atom stereocenters. The number of nitrogens with one attached hydrogen (secondary N) is 1. The monoisotopic (exact) mass is 289 g/mol. The second kappa shape index (κ2) is 6.33. The second-order valence-electron chi connectivity index (χ2n) is 4.32. The molecule has 0 bridgehead atoms. The highest BCUT2D eigenvalue weighted by molar-refractivity contribution is 7.90. The van der Waals surface area contributed by atoms with Gasteiger partial charge in [-0.3, -0.25) is 4.21 Å². The summed E-state index contributed by atoms with van der Waals surface area (Å²) in [6.45, 7) is 2.67. The van der Waals surface area contributed by atoms with Gasteiger partial charge < -0.3 is 5.32 Å². The van der Waals surface area contributed by atoms with Crippen LogP contribution in [0.5, 0.6) is 0 Å². The molecule has 0 aliphatic carbocycles. The summed E-state index contributed by atoms with van der Waals surface area (Å²) in [4.78, 5) is 0.316. The van der Waals surface area contributed by atoms with E-state index in [0.29, 0.717) is 4.90 Å². The maximum absolute atomic E-state index is 11.3. The molecule has 1 aromatic carbocycles. The Labute approximate surface area is 111 Å². The summed E-state index contributed by atoms with van der Waals surface area (Å²) in [6, 6.07) is 6.64. The number of anilines is 1. The van der Waals surface area contributed by atoms with Crippen LogP contribution in [0.3, 0.4) is 0 Å². The molecule has 0 radical (unpaired) electrons. The minimum absolute atomic E-state index is 0.160. The van der Waals surface area contributed by atoms with Crippen molar-refractivity contribution in [3.63, 3.8) is 0 Å². The summed E-state index contributed by atoms with van der Waals surface area (Å²) in [5, 5.41) is 3.34. The lowest BCUT2D eigenvalue weighted by atomic mass is 10.3. The van der Waals surface area contributed by atoms with Gasteiger partial charge in [0, 0.05) is 40.8 Å². The van der Waals surface area contributed by atoms with Crippen molar-refractivity contribution in [2.75, 3.05) is 24.4 Å². The number of hydrogen-bond donors (Lipinski definition) is 1. The summed E-state index contributed by atoms with van der Waals surface area (Å²) in [6.07, 6.45) is 3.70. The first-order chi connectivity index (χ1) is 8.30. The Morgan fingerprint density at radius 2 is 1.83 bits per heavy atom. The standard InChI is InChI=1S/C12H19NO3S2/c1-10(17(2)14)8-9-13-11-4-6-12(7-5-11)18(3,15)16/h4-7,10,13H,8-9H2,1-3H3. The van der Waals surface area contributed by atoms with Gasteiger partial charge in [-0.1, -0.05) is 6.92 Å². The summed E-state index contributed by atoms with van der Waals surface area (Å²) in [5.41, 5.74) is 0.872. The van der Waals surface area contributed by atoms with Crippen LogP contribution in [-0.2, 0) is 20.6 Å². The molecule has 102 valence electrons. The summed E-state index contributed by atoms with van der Waals surface area (Å²) in [7, 11) is -3.94. The highest BCUT2D eigenvalue weighted by atomic mass is 32.2. The molecule has 1 N–H and O–H groups in total. The average molecular weight is 289 g/mol. The van der Waals surface area contributed by atoms with E-state index in [-0.39, 0.29) is 5.25 Å². The van der Waals surface area contributed by atoms with Crippen molar-refractivity contribution in [3.05, 3.63) is 24.3 Å². The molecule has 0 aliphatic heterocycles. The number of benzene rings is 1. The largest absolute Gasteiger partial charge is 0.385 e. The molecule has 0 aliphatic rings. The van der Waals surface area contributed by atoms with Crippen LogP contribution >= 0.6 is 0 Å². The molecule has 6 heteroatoms. The van der Waals surface area contributed by atoms with Gasteiger partial charge in [-0.25, -0.2) is 8.42 Å². The normalized spacial score (nSPS) is 15.1. The van der Waals surface area contributed by atoms with Crippen molar-refractivity contribution >= 4 is 26.3 Å². The third kappa shape index (κ3) is 4.78. The molecule has 0 aromatic heterocycles. The Balaban J connectivity index is 2.52. The van der Waals surface area contributed by atoms with E-state index in [1.165, 1.54) is 6.26 Å². The first-order valence-corrected chi connectivity index (χ1v) is 9.18.